The molecule has 1 rings (SSSR count). The fourth-order valence-electron chi connectivity index (χ4n) is 1.46. The molecule has 0 atom stereocenters. The largest absolute Gasteiger partial charge is 0.508 e. The number of hydrogen-bond acceptors (Lipinski definition) is 4. The number of aromatic hydroxyl groups is 1. The molecule has 0 amide bonds. The first-order valence-corrected chi connectivity index (χ1v) is 6.77. The zero-order valence-corrected chi connectivity index (χ0v) is 10.3. The number of phenolic OH excluding ortho intramolecular Hbond substituents is 1. The lowest BCUT2D eigenvalue weighted by Gasteiger charge is -2.18. The minimum absolute atomic E-state index is 0.0477. The highest BCUT2D eigenvalue weighted by molar-refractivity contribution is 7.90. The average Bonchev–Trinajstić information content (AvgIpc) is 2.04. The van der Waals surface area contributed by atoms with Gasteiger partial charge in [-0.25, -0.2) is 8.42 Å². The molecule has 0 bridgehead atoms. The standard InChI is InChI=1S/C11H17NO3S/c1-11(2,12)8-16(14,15)7-9-3-5-10(13)6-4-9/h3-6,13H,7-8,12H2,1-2H3. The van der Waals surface area contributed by atoms with Crippen LogP contribution in [0.5, 0.6) is 5.75 Å². The van der Waals surface area contributed by atoms with Crippen molar-refractivity contribution in [3.05, 3.63) is 29.8 Å². The van der Waals surface area contributed by atoms with Crippen LogP contribution in [0.15, 0.2) is 24.3 Å². The van der Waals surface area contributed by atoms with Crippen molar-refractivity contribution in [3.8, 4) is 5.75 Å². The quantitative estimate of drug-likeness (QED) is 0.828. The number of benzene rings is 1. The normalized spacial score (nSPS) is 12.7. The van der Waals surface area contributed by atoms with E-state index in [9.17, 15) is 8.42 Å². The summed E-state index contributed by atoms with van der Waals surface area (Å²) in [6, 6.07) is 6.13. The lowest BCUT2D eigenvalue weighted by atomic mass is 10.1. The van der Waals surface area contributed by atoms with E-state index in [4.69, 9.17) is 10.8 Å². The van der Waals surface area contributed by atoms with Gasteiger partial charge < -0.3 is 10.8 Å². The smallest absolute Gasteiger partial charge is 0.156 e. The molecular weight excluding hydrogens is 226 g/mol. The molecule has 0 spiro atoms. The summed E-state index contributed by atoms with van der Waals surface area (Å²) >= 11 is 0. The van der Waals surface area contributed by atoms with E-state index in [1.807, 2.05) is 0 Å². The van der Waals surface area contributed by atoms with Gasteiger partial charge in [-0.15, -0.1) is 0 Å². The summed E-state index contributed by atoms with van der Waals surface area (Å²) < 4.78 is 23.5. The number of phenols is 1. The Morgan fingerprint density at radius 1 is 1.25 bits per heavy atom. The summed E-state index contributed by atoms with van der Waals surface area (Å²) in [6.45, 7) is 3.36. The van der Waals surface area contributed by atoms with E-state index in [0.717, 1.165) is 0 Å². The molecule has 5 heteroatoms. The van der Waals surface area contributed by atoms with Crippen LogP contribution in [0.1, 0.15) is 19.4 Å². The Bertz CT molecular complexity index is 443. The van der Waals surface area contributed by atoms with Crippen LogP contribution in [0.2, 0.25) is 0 Å². The van der Waals surface area contributed by atoms with Crippen LogP contribution >= 0.6 is 0 Å². The van der Waals surface area contributed by atoms with Gasteiger partial charge in [0.2, 0.25) is 0 Å². The Kier molecular flexibility index (Phi) is 3.60. The SMILES string of the molecule is CC(C)(N)CS(=O)(=O)Cc1ccc(O)cc1. The second-order valence-electron chi connectivity index (χ2n) is 4.69. The fraction of sp³-hybridized carbons (Fsp3) is 0.455. The summed E-state index contributed by atoms with van der Waals surface area (Å²) in [5.41, 5.74) is 5.61. The summed E-state index contributed by atoms with van der Waals surface area (Å²) in [5, 5.41) is 9.07. The second-order valence-corrected chi connectivity index (χ2v) is 6.75. The van der Waals surface area contributed by atoms with Crippen LogP contribution in [-0.4, -0.2) is 24.8 Å². The van der Waals surface area contributed by atoms with Crippen molar-refractivity contribution < 1.29 is 13.5 Å². The average molecular weight is 243 g/mol. The highest BCUT2D eigenvalue weighted by Crippen LogP contribution is 2.14. The zero-order valence-electron chi connectivity index (χ0n) is 9.47. The molecule has 0 fully saturated rings. The van der Waals surface area contributed by atoms with Gasteiger partial charge in [-0.05, 0) is 31.5 Å². The molecule has 0 radical (unpaired) electrons. The van der Waals surface area contributed by atoms with Crippen LogP contribution in [0.3, 0.4) is 0 Å². The Morgan fingerprint density at radius 2 is 1.75 bits per heavy atom. The van der Waals surface area contributed by atoms with E-state index in [1.54, 1.807) is 26.0 Å². The van der Waals surface area contributed by atoms with E-state index in [0.29, 0.717) is 5.56 Å². The predicted octanol–water partition coefficient (Wildman–Crippen LogP) is 1.04. The van der Waals surface area contributed by atoms with Gasteiger partial charge in [0.25, 0.3) is 0 Å². The molecule has 1 aromatic carbocycles. The van der Waals surface area contributed by atoms with Crippen molar-refractivity contribution in [2.45, 2.75) is 25.1 Å². The van der Waals surface area contributed by atoms with E-state index >= 15 is 0 Å². The van der Waals surface area contributed by atoms with Gasteiger partial charge in [0.15, 0.2) is 9.84 Å². The molecule has 0 aliphatic carbocycles. The molecule has 1 aromatic rings. The molecule has 3 N–H and O–H groups in total. The molecule has 0 aliphatic rings. The molecule has 0 aromatic heterocycles. The van der Waals surface area contributed by atoms with Crippen molar-refractivity contribution in [1.29, 1.82) is 0 Å². The van der Waals surface area contributed by atoms with E-state index < -0.39 is 15.4 Å². The molecule has 0 saturated heterocycles. The predicted molar refractivity (Wildman–Crippen MR) is 63.9 cm³/mol. The van der Waals surface area contributed by atoms with Crippen molar-refractivity contribution in [2.24, 2.45) is 5.73 Å². The van der Waals surface area contributed by atoms with Crippen LogP contribution < -0.4 is 5.73 Å². The molecule has 90 valence electrons. The number of nitrogens with two attached hydrogens (primary N) is 1. The van der Waals surface area contributed by atoms with Gasteiger partial charge in [-0.1, -0.05) is 12.1 Å². The molecule has 16 heavy (non-hydrogen) atoms. The van der Waals surface area contributed by atoms with Crippen LogP contribution in [-0.2, 0) is 15.6 Å². The third-order valence-corrected chi connectivity index (χ3v) is 3.87. The maximum absolute atomic E-state index is 11.8. The van der Waals surface area contributed by atoms with Gasteiger partial charge in [-0.3, -0.25) is 0 Å². The summed E-state index contributed by atoms with van der Waals surface area (Å²) in [5.74, 6) is 0.0229. The fourth-order valence-corrected chi connectivity index (χ4v) is 3.40. The lowest BCUT2D eigenvalue weighted by molar-refractivity contribution is 0.475. The topological polar surface area (TPSA) is 80.4 Å². The maximum atomic E-state index is 11.8. The molecule has 0 heterocycles. The highest BCUT2D eigenvalue weighted by Gasteiger charge is 2.22. The van der Waals surface area contributed by atoms with Gasteiger partial charge >= 0.3 is 0 Å². The second kappa shape index (κ2) is 4.43. The van der Waals surface area contributed by atoms with Gasteiger partial charge in [0, 0.05) is 5.54 Å². The minimum Gasteiger partial charge on any atom is -0.508 e. The van der Waals surface area contributed by atoms with E-state index in [1.165, 1.54) is 12.1 Å². The molecule has 0 saturated carbocycles. The van der Waals surface area contributed by atoms with Gasteiger partial charge in [0.1, 0.15) is 5.75 Å². The number of rotatable bonds is 4. The first-order chi connectivity index (χ1) is 7.18. The van der Waals surface area contributed by atoms with E-state index in [2.05, 4.69) is 0 Å². The first-order valence-electron chi connectivity index (χ1n) is 4.95. The van der Waals surface area contributed by atoms with Crippen molar-refractivity contribution in [2.75, 3.05) is 5.75 Å². The molecule has 0 unspecified atom stereocenters. The monoisotopic (exact) mass is 243 g/mol. The molecule has 4 nitrogen and oxygen atoms in total. The maximum Gasteiger partial charge on any atom is 0.156 e. The minimum atomic E-state index is -3.21. The van der Waals surface area contributed by atoms with Gasteiger partial charge in [0.05, 0.1) is 11.5 Å². The summed E-state index contributed by atoms with van der Waals surface area (Å²) in [6.07, 6.45) is 0. The summed E-state index contributed by atoms with van der Waals surface area (Å²) in [7, 11) is -3.21. The highest BCUT2D eigenvalue weighted by atomic mass is 32.2. The third kappa shape index (κ3) is 4.63. The Morgan fingerprint density at radius 3 is 2.19 bits per heavy atom. The van der Waals surface area contributed by atoms with Crippen LogP contribution in [0.4, 0.5) is 0 Å². The van der Waals surface area contributed by atoms with Crippen molar-refractivity contribution >= 4 is 9.84 Å². The van der Waals surface area contributed by atoms with Crippen LogP contribution in [0.25, 0.3) is 0 Å². The number of sulfone groups is 1. The van der Waals surface area contributed by atoms with Crippen molar-refractivity contribution in [1.82, 2.24) is 0 Å². The first kappa shape index (κ1) is 13.0. The number of hydrogen-bond donors (Lipinski definition) is 2. The summed E-state index contributed by atoms with van der Waals surface area (Å²) in [4.78, 5) is 0. The Balaban J connectivity index is 2.77. The van der Waals surface area contributed by atoms with Crippen molar-refractivity contribution in [3.63, 3.8) is 0 Å². The molecular formula is C11H17NO3S. The molecule has 0 aliphatic heterocycles. The van der Waals surface area contributed by atoms with E-state index in [-0.39, 0.29) is 17.3 Å². The Hall–Kier alpha value is -1.07. The lowest BCUT2D eigenvalue weighted by Crippen LogP contribution is -2.40. The van der Waals surface area contributed by atoms with Gasteiger partial charge in [-0.2, -0.15) is 0 Å². The Labute approximate surface area is 96.0 Å². The van der Waals surface area contributed by atoms with Crippen LogP contribution in [0, 0.1) is 0 Å². The third-order valence-electron chi connectivity index (χ3n) is 1.91. The zero-order chi connectivity index (χ0) is 12.4.